The molecule has 0 N–H and O–H groups in total. The molecule has 0 spiro atoms. The Kier molecular flexibility index (Phi) is 5.85. The Hall–Kier alpha value is -1.90. The van der Waals surface area contributed by atoms with Crippen LogP contribution < -0.4 is 0 Å². The van der Waals surface area contributed by atoms with Crippen LogP contribution in [0.4, 0.5) is 5.69 Å². The second kappa shape index (κ2) is 7.43. The summed E-state index contributed by atoms with van der Waals surface area (Å²) in [5, 5.41) is 10.5. The molecule has 18 heavy (non-hydrogen) atoms. The molecule has 0 amide bonds. The van der Waals surface area contributed by atoms with Gasteiger partial charge >= 0.3 is 0 Å². The van der Waals surface area contributed by atoms with Gasteiger partial charge < -0.3 is 0 Å². The highest BCUT2D eigenvalue weighted by atomic mass is 16.6. The predicted octanol–water partition coefficient (Wildman–Crippen LogP) is 4.74. The van der Waals surface area contributed by atoms with Crippen molar-refractivity contribution in [3.63, 3.8) is 0 Å². The Balaban J connectivity index is 2.72. The normalized spacial score (nSPS) is 11.3. The molecule has 0 bridgehead atoms. The van der Waals surface area contributed by atoms with Gasteiger partial charge in [-0.3, -0.25) is 10.1 Å². The van der Waals surface area contributed by atoms with Gasteiger partial charge in [0.05, 0.1) is 4.92 Å². The molecule has 0 saturated carbocycles. The van der Waals surface area contributed by atoms with Crippen molar-refractivity contribution in [1.82, 2.24) is 0 Å². The Morgan fingerprint density at radius 3 is 2.50 bits per heavy atom. The van der Waals surface area contributed by atoms with Crippen molar-refractivity contribution in [2.45, 2.75) is 32.6 Å². The first kappa shape index (κ1) is 14.2. The van der Waals surface area contributed by atoms with E-state index in [1.165, 1.54) is 30.5 Å². The van der Waals surface area contributed by atoms with E-state index >= 15 is 0 Å². The van der Waals surface area contributed by atoms with Crippen LogP contribution in [0.1, 0.15) is 38.2 Å². The molecule has 3 heteroatoms. The van der Waals surface area contributed by atoms with Crippen LogP contribution >= 0.6 is 0 Å². The molecule has 0 fully saturated rings. The lowest BCUT2D eigenvalue weighted by Gasteiger charge is -2.02. The van der Waals surface area contributed by atoms with Crippen LogP contribution in [-0.2, 0) is 0 Å². The molecular weight excluding hydrogens is 226 g/mol. The van der Waals surface area contributed by atoms with Crippen molar-refractivity contribution in [3.05, 3.63) is 58.2 Å². The van der Waals surface area contributed by atoms with Gasteiger partial charge in [-0.2, -0.15) is 0 Å². The van der Waals surface area contributed by atoms with Gasteiger partial charge in [0.2, 0.25) is 0 Å². The average Bonchev–Trinajstić information content (AvgIpc) is 2.38. The van der Waals surface area contributed by atoms with Gasteiger partial charge in [-0.1, -0.05) is 38.5 Å². The van der Waals surface area contributed by atoms with E-state index in [-0.39, 0.29) is 10.6 Å². The molecule has 1 rings (SSSR count). The second-order valence-corrected chi connectivity index (χ2v) is 4.23. The smallest absolute Gasteiger partial charge is 0.258 e. The van der Waals surface area contributed by atoms with Gasteiger partial charge in [-0.05, 0) is 36.1 Å². The number of unbranched alkanes of at least 4 members (excludes halogenated alkanes) is 2. The van der Waals surface area contributed by atoms with Crippen LogP contribution in [0.3, 0.4) is 0 Å². The van der Waals surface area contributed by atoms with Crippen molar-refractivity contribution in [3.8, 4) is 0 Å². The second-order valence-electron chi connectivity index (χ2n) is 4.23. The zero-order valence-electron chi connectivity index (χ0n) is 10.8. The fourth-order valence-electron chi connectivity index (χ4n) is 1.72. The number of allylic oxidation sites excluding steroid dienone is 2. The summed E-state index contributed by atoms with van der Waals surface area (Å²) in [6, 6.07) is 6.58. The standard InChI is InChI=1S/C15H19NO2/c1-3-5-6-7-13(4-2)12-14-8-10-15(11-9-14)16(17)18/h4,8-12H,2-3,5-7H2,1H3/b13-12+. The summed E-state index contributed by atoms with van der Waals surface area (Å²) in [4.78, 5) is 10.2. The Labute approximate surface area is 108 Å². The molecule has 0 aliphatic heterocycles. The summed E-state index contributed by atoms with van der Waals surface area (Å²) in [6.07, 6.45) is 8.46. The fourth-order valence-corrected chi connectivity index (χ4v) is 1.72. The SMILES string of the molecule is C=C/C(=C\c1ccc([N+](=O)[O-])cc1)CCCCC. The first-order valence-electron chi connectivity index (χ1n) is 6.25. The van der Waals surface area contributed by atoms with E-state index in [9.17, 15) is 10.1 Å². The van der Waals surface area contributed by atoms with Crippen molar-refractivity contribution in [2.75, 3.05) is 0 Å². The van der Waals surface area contributed by atoms with E-state index in [0.717, 1.165) is 18.4 Å². The van der Waals surface area contributed by atoms with E-state index in [0.29, 0.717) is 0 Å². The number of nitro benzene ring substituents is 1. The number of hydrogen-bond donors (Lipinski definition) is 0. The maximum atomic E-state index is 10.5. The summed E-state index contributed by atoms with van der Waals surface area (Å²) < 4.78 is 0. The molecule has 1 aromatic carbocycles. The zero-order valence-corrected chi connectivity index (χ0v) is 10.8. The Morgan fingerprint density at radius 2 is 2.00 bits per heavy atom. The van der Waals surface area contributed by atoms with Gasteiger partial charge in [0.1, 0.15) is 0 Å². The molecule has 96 valence electrons. The van der Waals surface area contributed by atoms with E-state index in [1.807, 2.05) is 12.2 Å². The lowest BCUT2D eigenvalue weighted by atomic mass is 10.0. The summed E-state index contributed by atoms with van der Waals surface area (Å²) in [5.74, 6) is 0. The molecule has 3 nitrogen and oxygen atoms in total. The number of hydrogen-bond acceptors (Lipinski definition) is 2. The van der Waals surface area contributed by atoms with Gasteiger partial charge in [-0.15, -0.1) is 0 Å². The third kappa shape index (κ3) is 4.53. The Morgan fingerprint density at radius 1 is 1.33 bits per heavy atom. The first-order chi connectivity index (χ1) is 8.67. The summed E-state index contributed by atoms with van der Waals surface area (Å²) in [7, 11) is 0. The van der Waals surface area contributed by atoms with Crippen LogP contribution in [0.2, 0.25) is 0 Å². The van der Waals surface area contributed by atoms with E-state index in [1.54, 1.807) is 12.1 Å². The quantitative estimate of drug-likeness (QED) is 0.301. The van der Waals surface area contributed by atoms with Crippen molar-refractivity contribution in [1.29, 1.82) is 0 Å². The fraction of sp³-hybridized carbons (Fsp3) is 0.333. The van der Waals surface area contributed by atoms with Crippen LogP contribution in [0, 0.1) is 10.1 Å². The highest BCUT2D eigenvalue weighted by molar-refractivity contribution is 5.57. The third-order valence-electron chi connectivity index (χ3n) is 2.79. The molecule has 0 heterocycles. The van der Waals surface area contributed by atoms with Crippen LogP contribution in [-0.4, -0.2) is 4.92 Å². The first-order valence-corrected chi connectivity index (χ1v) is 6.25. The lowest BCUT2D eigenvalue weighted by Crippen LogP contribution is -1.87. The van der Waals surface area contributed by atoms with Crippen molar-refractivity contribution >= 4 is 11.8 Å². The van der Waals surface area contributed by atoms with E-state index in [2.05, 4.69) is 13.5 Å². The minimum absolute atomic E-state index is 0.123. The molecule has 0 aliphatic rings. The molecule has 0 radical (unpaired) electrons. The largest absolute Gasteiger partial charge is 0.269 e. The van der Waals surface area contributed by atoms with Gasteiger partial charge in [0, 0.05) is 12.1 Å². The Bertz CT molecular complexity index is 432. The van der Waals surface area contributed by atoms with Crippen LogP contribution in [0.5, 0.6) is 0 Å². The van der Waals surface area contributed by atoms with Gasteiger partial charge in [0.15, 0.2) is 0 Å². The highest BCUT2D eigenvalue weighted by Gasteiger charge is 2.02. The number of nitrogens with zero attached hydrogens (tertiary/aromatic N) is 1. The molecule has 0 saturated heterocycles. The zero-order chi connectivity index (χ0) is 13.4. The molecular formula is C15H19NO2. The number of rotatable bonds is 7. The topological polar surface area (TPSA) is 43.1 Å². The summed E-state index contributed by atoms with van der Waals surface area (Å²) in [5.41, 5.74) is 2.28. The number of non-ortho nitro benzene ring substituents is 1. The third-order valence-corrected chi connectivity index (χ3v) is 2.79. The highest BCUT2D eigenvalue weighted by Crippen LogP contribution is 2.17. The minimum atomic E-state index is -0.386. The molecule has 1 aromatic rings. The number of nitro groups is 1. The predicted molar refractivity (Wildman–Crippen MR) is 75.4 cm³/mol. The minimum Gasteiger partial charge on any atom is -0.258 e. The van der Waals surface area contributed by atoms with Crippen LogP contribution in [0.25, 0.3) is 6.08 Å². The maximum absolute atomic E-state index is 10.5. The average molecular weight is 245 g/mol. The van der Waals surface area contributed by atoms with Crippen LogP contribution in [0.15, 0.2) is 42.5 Å². The van der Waals surface area contributed by atoms with Crippen molar-refractivity contribution < 1.29 is 4.92 Å². The molecule has 0 aliphatic carbocycles. The lowest BCUT2D eigenvalue weighted by molar-refractivity contribution is -0.384. The van der Waals surface area contributed by atoms with Gasteiger partial charge in [-0.25, -0.2) is 0 Å². The summed E-state index contributed by atoms with van der Waals surface area (Å²) >= 11 is 0. The molecule has 0 atom stereocenters. The van der Waals surface area contributed by atoms with Gasteiger partial charge in [0.25, 0.3) is 5.69 Å². The number of benzene rings is 1. The monoisotopic (exact) mass is 245 g/mol. The maximum Gasteiger partial charge on any atom is 0.269 e. The summed E-state index contributed by atoms with van der Waals surface area (Å²) in [6.45, 7) is 5.98. The molecule has 0 unspecified atom stereocenters. The van der Waals surface area contributed by atoms with E-state index < -0.39 is 0 Å². The van der Waals surface area contributed by atoms with E-state index in [4.69, 9.17) is 0 Å². The molecule has 0 aromatic heterocycles. The van der Waals surface area contributed by atoms with Crippen molar-refractivity contribution in [2.24, 2.45) is 0 Å².